The van der Waals surface area contributed by atoms with Crippen LogP contribution in [0.15, 0.2) is 35.3 Å². The van der Waals surface area contributed by atoms with Crippen molar-refractivity contribution in [3.63, 3.8) is 0 Å². The van der Waals surface area contributed by atoms with Gasteiger partial charge >= 0.3 is 0 Å². The van der Waals surface area contributed by atoms with Crippen molar-refractivity contribution < 1.29 is 13.9 Å². The van der Waals surface area contributed by atoms with Crippen molar-refractivity contribution in [2.24, 2.45) is 5.92 Å². The Morgan fingerprint density at radius 2 is 1.71 bits per heavy atom. The third-order valence-electron chi connectivity index (χ3n) is 5.31. The maximum atomic E-state index is 6.23. The highest BCUT2D eigenvalue weighted by atomic mass is 28.4. The molecule has 24 heavy (non-hydrogen) atoms. The van der Waals surface area contributed by atoms with E-state index in [-0.39, 0.29) is 11.0 Å². The van der Waals surface area contributed by atoms with Gasteiger partial charge in [0.1, 0.15) is 11.5 Å². The first-order valence-electron chi connectivity index (χ1n) is 8.90. The second-order valence-electron chi connectivity index (χ2n) is 8.07. The molecule has 3 nitrogen and oxygen atoms in total. The molecule has 0 atom stereocenters. The minimum absolute atomic E-state index is 0.235. The largest absolute Gasteiger partial charge is 0.501 e. The Morgan fingerprint density at radius 1 is 1.17 bits per heavy atom. The highest BCUT2D eigenvalue weighted by molar-refractivity contribution is 6.74. The van der Waals surface area contributed by atoms with E-state index in [2.05, 4.69) is 59.0 Å². The van der Waals surface area contributed by atoms with Crippen molar-refractivity contribution in [3.8, 4) is 0 Å². The van der Waals surface area contributed by atoms with E-state index in [9.17, 15) is 0 Å². The molecule has 1 rings (SSSR count). The molecule has 0 fully saturated rings. The lowest BCUT2D eigenvalue weighted by molar-refractivity contribution is 0.184. The summed E-state index contributed by atoms with van der Waals surface area (Å²) in [4.78, 5) is 0. The summed E-state index contributed by atoms with van der Waals surface area (Å²) in [6, 6.07) is 0. The molecule has 0 aromatic heterocycles. The van der Waals surface area contributed by atoms with Crippen molar-refractivity contribution in [2.45, 2.75) is 65.1 Å². The lowest BCUT2D eigenvalue weighted by Gasteiger charge is -2.35. The standard InChI is InChI=1S/C20H36O3Si/c1-16(14-15-23-24(7,8)20(2,3)4)12-13-17-18(21-5)10-9-11-19(17)22-6/h10-11,14,17H,9,12-13,15H2,1-8H3/b16-14+. The number of hydrogen-bond acceptors (Lipinski definition) is 3. The highest BCUT2D eigenvalue weighted by Gasteiger charge is 2.36. The number of hydrogen-bond donors (Lipinski definition) is 0. The molecule has 0 saturated heterocycles. The van der Waals surface area contributed by atoms with Gasteiger partial charge in [-0.15, -0.1) is 0 Å². The minimum Gasteiger partial charge on any atom is -0.501 e. The molecule has 0 aromatic carbocycles. The zero-order chi connectivity index (χ0) is 18.4. The molecule has 0 bridgehead atoms. The van der Waals surface area contributed by atoms with Crippen LogP contribution in [0.5, 0.6) is 0 Å². The third kappa shape index (κ3) is 5.82. The van der Waals surface area contributed by atoms with E-state index in [1.165, 1.54) is 5.57 Å². The summed E-state index contributed by atoms with van der Waals surface area (Å²) in [6.07, 6.45) is 9.43. The Morgan fingerprint density at radius 3 is 2.17 bits per heavy atom. The van der Waals surface area contributed by atoms with Gasteiger partial charge in [-0.3, -0.25) is 0 Å². The summed E-state index contributed by atoms with van der Waals surface area (Å²) in [7, 11) is 1.82. The van der Waals surface area contributed by atoms with Gasteiger partial charge in [-0.05, 0) is 56.5 Å². The van der Waals surface area contributed by atoms with Gasteiger partial charge in [-0.1, -0.05) is 32.4 Å². The van der Waals surface area contributed by atoms with Gasteiger partial charge < -0.3 is 13.9 Å². The van der Waals surface area contributed by atoms with Gasteiger partial charge in [0.05, 0.1) is 26.7 Å². The number of methoxy groups -OCH3 is 2. The van der Waals surface area contributed by atoms with Crippen LogP contribution < -0.4 is 0 Å². The molecule has 0 spiro atoms. The van der Waals surface area contributed by atoms with Crippen LogP contribution in [0.4, 0.5) is 0 Å². The van der Waals surface area contributed by atoms with Crippen molar-refractivity contribution in [2.75, 3.05) is 20.8 Å². The normalized spacial score (nSPS) is 17.4. The maximum Gasteiger partial charge on any atom is 0.192 e. The molecule has 1 aliphatic carbocycles. The first kappa shape index (κ1) is 21.0. The van der Waals surface area contributed by atoms with Gasteiger partial charge in [0.2, 0.25) is 0 Å². The molecule has 0 unspecified atom stereocenters. The number of rotatable bonds is 8. The van der Waals surface area contributed by atoms with Crippen LogP contribution in [-0.4, -0.2) is 29.1 Å². The minimum atomic E-state index is -1.66. The Balaban J connectivity index is 2.55. The molecule has 138 valence electrons. The summed E-state index contributed by atoms with van der Waals surface area (Å²) < 4.78 is 17.3. The van der Waals surface area contributed by atoms with Gasteiger partial charge in [0.15, 0.2) is 8.32 Å². The van der Waals surface area contributed by atoms with Crippen LogP contribution in [0.25, 0.3) is 0 Å². The van der Waals surface area contributed by atoms with Gasteiger partial charge in [-0.25, -0.2) is 0 Å². The van der Waals surface area contributed by atoms with Crippen LogP contribution in [0.3, 0.4) is 0 Å². The first-order valence-corrected chi connectivity index (χ1v) is 11.8. The monoisotopic (exact) mass is 352 g/mol. The average Bonchev–Trinajstić information content (AvgIpc) is 2.51. The molecule has 4 heteroatoms. The van der Waals surface area contributed by atoms with Crippen LogP contribution in [0, 0.1) is 5.92 Å². The smallest absolute Gasteiger partial charge is 0.192 e. The highest BCUT2D eigenvalue weighted by Crippen LogP contribution is 2.36. The lowest BCUT2D eigenvalue weighted by atomic mass is 9.92. The second kappa shape index (κ2) is 8.91. The first-order chi connectivity index (χ1) is 11.1. The molecule has 0 aliphatic heterocycles. The summed E-state index contributed by atoms with van der Waals surface area (Å²) >= 11 is 0. The SMILES string of the molecule is COC1=CCC=C(OC)C1CC/C(C)=C/CO[Si](C)(C)C(C)(C)C. The fraction of sp³-hybridized carbons (Fsp3) is 0.700. The van der Waals surface area contributed by atoms with Crippen LogP contribution in [-0.2, 0) is 13.9 Å². The van der Waals surface area contributed by atoms with E-state index < -0.39 is 8.32 Å². The maximum absolute atomic E-state index is 6.23. The van der Waals surface area contributed by atoms with E-state index >= 15 is 0 Å². The summed E-state index contributed by atoms with van der Waals surface area (Å²) in [5, 5.41) is 0.257. The van der Waals surface area contributed by atoms with Crippen LogP contribution >= 0.6 is 0 Å². The summed E-state index contributed by atoms with van der Waals surface area (Å²) in [5.41, 5.74) is 1.37. The number of allylic oxidation sites excluding steroid dienone is 3. The molecular formula is C20H36O3Si. The molecule has 0 amide bonds. The fourth-order valence-corrected chi connectivity index (χ4v) is 3.47. The van der Waals surface area contributed by atoms with Gasteiger partial charge in [0.25, 0.3) is 0 Å². The molecule has 0 saturated carbocycles. The summed E-state index contributed by atoms with van der Waals surface area (Å²) in [6.45, 7) is 14.3. The molecule has 0 N–H and O–H groups in total. The second-order valence-corrected chi connectivity index (χ2v) is 12.9. The molecular weight excluding hydrogens is 316 g/mol. The van der Waals surface area contributed by atoms with E-state index in [4.69, 9.17) is 13.9 Å². The molecule has 0 heterocycles. The quantitative estimate of drug-likeness (QED) is 0.407. The molecule has 1 aliphatic rings. The van der Waals surface area contributed by atoms with Crippen molar-refractivity contribution in [3.05, 3.63) is 35.3 Å². The van der Waals surface area contributed by atoms with Gasteiger partial charge in [0, 0.05) is 0 Å². The Kier molecular flexibility index (Phi) is 7.81. The van der Waals surface area contributed by atoms with E-state index in [1.54, 1.807) is 14.2 Å². The van der Waals surface area contributed by atoms with Crippen molar-refractivity contribution in [1.29, 1.82) is 0 Å². The van der Waals surface area contributed by atoms with Crippen LogP contribution in [0.1, 0.15) is 47.0 Å². The zero-order valence-electron chi connectivity index (χ0n) is 16.9. The molecule has 0 aromatic rings. The third-order valence-corrected chi connectivity index (χ3v) is 9.81. The Labute approximate surface area is 149 Å². The predicted molar refractivity (Wildman–Crippen MR) is 104 cm³/mol. The molecule has 0 radical (unpaired) electrons. The summed E-state index contributed by atoms with van der Waals surface area (Å²) in [5.74, 6) is 2.29. The number of ether oxygens (including phenoxy) is 2. The fourth-order valence-electron chi connectivity index (χ4n) is 2.53. The zero-order valence-corrected chi connectivity index (χ0v) is 17.9. The van der Waals surface area contributed by atoms with Crippen molar-refractivity contribution >= 4 is 8.32 Å². The lowest BCUT2D eigenvalue weighted by Crippen LogP contribution is -2.40. The predicted octanol–water partition coefficient (Wildman–Crippen LogP) is 5.82. The van der Waals surface area contributed by atoms with E-state index in [0.29, 0.717) is 6.61 Å². The van der Waals surface area contributed by atoms with Gasteiger partial charge in [-0.2, -0.15) is 0 Å². The van der Waals surface area contributed by atoms with Crippen molar-refractivity contribution in [1.82, 2.24) is 0 Å². The van der Waals surface area contributed by atoms with E-state index in [0.717, 1.165) is 30.8 Å². The topological polar surface area (TPSA) is 27.7 Å². The Hall–Kier alpha value is -1.00. The Bertz CT molecular complexity index is 476. The van der Waals surface area contributed by atoms with E-state index in [1.807, 2.05) is 0 Å². The average molecular weight is 353 g/mol. The van der Waals surface area contributed by atoms with Crippen LogP contribution in [0.2, 0.25) is 18.1 Å².